The molecule has 6 heteroatoms. The zero-order valence-corrected chi connectivity index (χ0v) is 14.4. The predicted molar refractivity (Wildman–Crippen MR) is 85.2 cm³/mol. The molecular formula is C17H27NO5. The molecule has 3 aliphatic rings. The molecule has 2 aliphatic heterocycles. The van der Waals surface area contributed by atoms with Crippen LogP contribution in [-0.2, 0) is 18.9 Å². The van der Waals surface area contributed by atoms with Crippen molar-refractivity contribution in [1.82, 2.24) is 0 Å². The molecule has 3 atom stereocenters. The first-order valence-electron chi connectivity index (χ1n) is 8.39. The fraction of sp³-hybridized carbons (Fsp3) is 0.824. The summed E-state index contributed by atoms with van der Waals surface area (Å²) in [4.78, 5) is 0. The highest BCUT2D eigenvalue weighted by molar-refractivity contribution is 5.74. The van der Waals surface area contributed by atoms with Crippen LogP contribution in [0.1, 0.15) is 47.0 Å². The quantitative estimate of drug-likeness (QED) is 0.344. The van der Waals surface area contributed by atoms with Gasteiger partial charge in [-0.25, -0.2) is 4.74 Å². The van der Waals surface area contributed by atoms with Crippen molar-refractivity contribution in [1.29, 1.82) is 0 Å². The van der Waals surface area contributed by atoms with E-state index in [0.717, 1.165) is 29.6 Å². The van der Waals surface area contributed by atoms with Crippen molar-refractivity contribution in [3.05, 3.63) is 16.9 Å². The summed E-state index contributed by atoms with van der Waals surface area (Å²) >= 11 is 0. The van der Waals surface area contributed by atoms with E-state index in [-0.39, 0.29) is 24.9 Å². The molecule has 130 valence electrons. The lowest BCUT2D eigenvalue weighted by molar-refractivity contribution is -0.466. The lowest BCUT2D eigenvalue weighted by atomic mass is 10.1. The molecule has 0 radical (unpaired) electrons. The largest absolute Gasteiger partial charge is 0.624 e. The highest BCUT2D eigenvalue weighted by atomic mass is 16.8. The van der Waals surface area contributed by atoms with E-state index >= 15 is 0 Å². The van der Waals surface area contributed by atoms with Crippen molar-refractivity contribution in [2.75, 3.05) is 13.2 Å². The summed E-state index contributed by atoms with van der Waals surface area (Å²) in [6.07, 6.45) is 6.07. The van der Waals surface area contributed by atoms with Crippen molar-refractivity contribution < 1.29 is 23.7 Å². The molecule has 0 amide bonds. The summed E-state index contributed by atoms with van der Waals surface area (Å²) in [5.41, 5.74) is 1.11. The first kappa shape index (κ1) is 16.9. The minimum atomic E-state index is -0.723. The maximum absolute atomic E-state index is 12.3. The third-order valence-electron chi connectivity index (χ3n) is 4.36. The number of nitrogens with zero attached hydrogens (tertiary/aromatic N) is 1. The lowest BCUT2D eigenvalue weighted by Gasteiger charge is -2.23. The van der Waals surface area contributed by atoms with Gasteiger partial charge in [-0.3, -0.25) is 0 Å². The van der Waals surface area contributed by atoms with Gasteiger partial charge >= 0.3 is 0 Å². The topological polar surface area (TPSA) is 63.0 Å². The normalized spacial score (nSPS) is 36.4. The third kappa shape index (κ3) is 4.12. The number of hydroxylamine groups is 1. The molecule has 0 bridgehead atoms. The molecule has 0 N–H and O–H groups in total. The average Bonchev–Trinajstić information content (AvgIpc) is 3.10. The van der Waals surface area contributed by atoms with Gasteiger partial charge in [0.05, 0.1) is 6.61 Å². The second kappa shape index (κ2) is 6.16. The van der Waals surface area contributed by atoms with Gasteiger partial charge in [-0.15, -0.1) is 0 Å². The van der Waals surface area contributed by atoms with Crippen LogP contribution in [0.3, 0.4) is 0 Å². The first-order valence-corrected chi connectivity index (χ1v) is 8.39. The molecule has 0 spiro atoms. The van der Waals surface area contributed by atoms with Crippen LogP contribution < -0.4 is 0 Å². The predicted octanol–water partition coefficient (Wildman–Crippen LogP) is 2.35. The Labute approximate surface area is 137 Å². The second-order valence-corrected chi connectivity index (χ2v) is 7.41. The molecule has 0 saturated carbocycles. The highest BCUT2D eigenvalue weighted by Gasteiger charge is 2.50. The maximum Gasteiger partial charge on any atom is 0.182 e. The monoisotopic (exact) mass is 325 g/mol. The van der Waals surface area contributed by atoms with E-state index in [4.69, 9.17) is 18.9 Å². The number of allylic oxidation sites excluding steroid dienone is 2. The molecule has 1 aliphatic carbocycles. The van der Waals surface area contributed by atoms with Crippen LogP contribution >= 0.6 is 0 Å². The summed E-state index contributed by atoms with van der Waals surface area (Å²) in [5, 5.41) is 12.3. The molecule has 6 nitrogen and oxygen atoms in total. The van der Waals surface area contributed by atoms with Crippen molar-refractivity contribution in [3.63, 3.8) is 0 Å². The fourth-order valence-corrected chi connectivity index (χ4v) is 3.42. The number of hydrogen-bond donors (Lipinski definition) is 0. The van der Waals surface area contributed by atoms with Gasteiger partial charge in [-0.2, -0.15) is 0 Å². The van der Waals surface area contributed by atoms with Gasteiger partial charge in [0.1, 0.15) is 18.3 Å². The molecule has 0 aromatic heterocycles. The zero-order chi connectivity index (χ0) is 16.7. The van der Waals surface area contributed by atoms with Gasteiger partial charge < -0.3 is 24.2 Å². The summed E-state index contributed by atoms with van der Waals surface area (Å²) < 4.78 is 24.4. The van der Waals surface area contributed by atoms with Crippen LogP contribution in [0.15, 0.2) is 11.6 Å². The van der Waals surface area contributed by atoms with Gasteiger partial charge in [0.25, 0.3) is 0 Å². The Hall–Kier alpha value is -0.950. The van der Waals surface area contributed by atoms with E-state index in [1.165, 1.54) is 0 Å². The minimum absolute atomic E-state index is 0.226. The molecule has 0 unspecified atom stereocenters. The molecule has 23 heavy (non-hydrogen) atoms. The van der Waals surface area contributed by atoms with Gasteiger partial charge in [0.2, 0.25) is 0 Å². The number of ether oxygens (including phenoxy) is 4. The minimum Gasteiger partial charge on any atom is -0.624 e. The Bertz CT molecular complexity index is 511. The maximum atomic E-state index is 12.3. The van der Waals surface area contributed by atoms with Gasteiger partial charge in [-0.05, 0) is 47.0 Å². The van der Waals surface area contributed by atoms with E-state index < -0.39 is 11.6 Å². The van der Waals surface area contributed by atoms with E-state index in [1.807, 2.05) is 27.7 Å². The third-order valence-corrected chi connectivity index (χ3v) is 4.36. The highest BCUT2D eigenvalue weighted by Crippen LogP contribution is 2.35. The SMILES string of the molecule is CC1(C)OC[C@H]([C@H]2OC(C)(C)O[C@@H]2C/[N+]([O-])=C/C2=CCCC2)O1. The number of hydrogen-bond acceptors (Lipinski definition) is 5. The summed E-state index contributed by atoms with van der Waals surface area (Å²) in [6, 6.07) is 0. The Morgan fingerprint density at radius 1 is 1.22 bits per heavy atom. The lowest BCUT2D eigenvalue weighted by Crippen LogP contribution is -2.41. The first-order chi connectivity index (χ1) is 10.7. The standard InChI is InChI=1S/C17H27NO5/c1-16(2)20-11-14(22-16)15-13(21-17(3,4)23-15)10-18(19)9-12-7-5-6-8-12/h7,9,13-15H,5-6,8,10-11H2,1-4H3/b18-9-/t13-,14-,15+/m1/s1. The van der Waals surface area contributed by atoms with Crippen molar-refractivity contribution in [2.24, 2.45) is 0 Å². The summed E-state index contributed by atoms with van der Waals surface area (Å²) in [5.74, 6) is -1.35. The van der Waals surface area contributed by atoms with Crippen molar-refractivity contribution in [2.45, 2.75) is 76.8 Å². The average molecular weight is 325 g/mol. The number of rotatable bonds is 4. The van der Waals surface area contributed by atoms with Gasteiger partial charge in [0.15, 0.2) is 24.3 Å². The molecule has 2 saturated heterocycles. The van der Waals surface area contributed by atoms with E-state index in [0.29, 0.717) is 6.61 Å². The van der Waals surface area contributed by atoms with Gasteiger partial charge in [-0.1, -0.05) is 6.08 Å². The molecule has 0 aromatic carbocycles. The van der Waals surface area contributed by atoms with Crippen LogP contribution in [0.2, 0.25) is 0 Å². The van der Waals surface area contributed by atoms with Crippen molar-refractivity contribution >= 4 is 6.21 Å². The Balaban J connectivity index is 1.68. The molecule has 0 aromatic rings. The molecule has 2 heterocycles. The van der Waals surface area contributed by atoms with Gasteiger partial charge in [0, 0.05) is 5.57 Å². The molecule has 2 fully saturated rings. The smallest absolute Gasteiger partial charge is 0.182 e. The Kier molecular flexibility index (Phi) is 4.53. The van der Waals surface area contributed by atoms with E-state index in [9.17, 15) is 5.21 Å². The van der Waals surface area contributed by atoms with E-state index in [2.05, 4.69) is 6.08 Å². The Morgan fingerprint density at radius 2 is 2.00 bits per heavy atom. The molecular weight excluding hydrogens is 298 g/mol. The Morgan fingerprint density at radius 3 is 2.61 bits per heavy atom. The van der Waals surface area contributed by atoms with Crippen molar-refractivity contribution in [3.8, 4) is 0 Å². The van der Waals surface area contributed by atoms with Crippen LogP contribution in [0.5, 0.6) is 0 Å². The van der Waals surface area contributed by atoms with E-state index in [1.54, 1.807) is 6.21 Å². The van der Waals surface area contributed by atoms with Crippen LogP contribution in [0.25, 0.3) is 0 Å². The summed E-state index contributed by atoms with van der Waals surface area (Å²) in [6.45, 7) is 8.15. The second-order valence-electron chi connectivity index (χ2n) is 7.41. The van der Waals surface area contributed by atoms with Crippen LogP contribution in [0, 0.1) is 5.21 Å². The zero-order valence-electron chi connectivity index (χ0n) is 14.4. The van der Waals surface area contributed by atoms with Crippen LogP contribution in [0.4, 0.5) is 0 Å². The summed E-state index contributed by atoms with van der Waals surface area (Å²) in [7, 11) is 0. The van der Waals surface area contributed by atoms with Crippen LogP contribution in [-0.4, -0.2) is 54.0 Å². The molecule has 3 rings (SSSR count). The fourth-order valence-electron chi connectivity index (χ4n) is 3.42.